The second-order valence-corrected chi connectivity index (χ2v) is 3.63. The van der Waals surface area contributed by atoms with Crippen LogP contribution in [0.1, 0.15) is 19.8 Å². The van der Waals surface area contributed by atoms with E-state index in [0.29, 0.717) is 11.8 Å². The lowest BCUT2D eigenvalue weighted by atomic mass is 9.99. The van der Waals surface area contributed by atoms with Gasteiger partial charge in [-0.1, -0.05) is 6.92 Å². The molecule has 0 aromatic carbocycles. The van der Waals surface area contributed by atoms with Crippen molar-refractivity contribution >= 4 is 5.97 Å². The van der Waals surface area contributed by atoms with Gasteiger partial charge in [0.2, 0.25) is 0 Å². The molecule has 0 heterocycles. The van der Waals surface area contributed by atoms with E-state index in [1.54, 1.807) is 0 Å². The molecule has 70 valence electrons. The van der Waals surface area contributed by atoms with Gasteiger partial charge in [-0.25, -0.2) is 0 Å². The van der Waals surface area contributed by atoms with Gasteiger partial charge in [-0.2, -0.15) is 0 Å². The lowest BCUT2D eigenvalue weighted by Crippen LogP contribution is -2.18. The zero-order chi connectivity index (χ0) is 9.14. The van der Waals surface area contributed by atoms with Crippen molar-refractivity contribution in [2.24, 2.45) is 17.8 Å². The third-order valence-electron chi connectivity index (χ3n) is 2.74. The Morgan fingerprint density at radius 2 is 2.25 bits per heavy atom. The molecule has 0 aliphatic heterocycles. The average molecular weight is 172 g/mol. The Kier molecular flexibility index (Phi) is 3.09. The first-order chi connectivity index (χ1) is 5.69. The number of aliphatic hydroxyl groups is 1. The Hall–Kier alpha value is -0.570. The maximum Gasteiger partial charge on any atom is 0.308 e. The molecule has 0 amide bonds. The largest absolute Gasteiger partial charge is 0.469 e. The Balaban J connectivity index is 2.51. The van der Waals surface area contributed by atoms with E-state index in [-0.39, 0.29) is 18.5 Å². The van der Waals surface area contributed by atoms with Crippen LogP contribution in [0.25, 0.3) is 0 Å². The molecule has 0 radical (unpaired) electrons. The van der Waals surface area contributed by atoms with Crippen LogP contribution >= 0.6 is 0 Å². The number of hydrogen-bond acceptors (Lipinski definition) is 3. The van der Waals surface area contributed by atoms with Crippen molar-refractivity contribution in [1.82, 2.24) is 0 Å². The zero-order valence-electron chi connectivity index (χ0n) is 7.62. The Bertz CT molecular complexity index is 167. The van der Waals surface area contributed by atoms with Crippen molar-refractivity contribution < 1.29 is 14.6 Å². The highest BCUT2D eigenvalue weighted by atomic mass is 16.5. The van der Waals surface area contributed by atoms with Crippen LogP contribution in [0.4, 0.5) is 0 Å². The highest BCUT2D eigenvalue weighted by molar-refractivity contribution is 5.72. The van der Waals surface area contributed by atoms with Crippen LogP contribution in [0.5, 0.6) is 0 Å². The van der Waals surface area contributed by atoms with Gasteiger partial charge in [0.05, 0.1) is 13.0 Å². The molecule has 1 N–H and O–H groups in total. The van der Waals surface area contributed by atoms with Crippen molar-refractivity contribution in [3.05, 3.63) is 0 Å². The normalized spacial score (nSPS) is 35.1. The fourth-order valence-electron chi connectivity index (χ4n) is 2.01. The van der Waals surface area contributed by atoms with Crippen LogP contribution in [0.15, 0.2) is 0 Å². The Morgan fingerprint density at radius 1 is 1.58 bits per heavy atom. The minimum Gasteiger partial charge on any atom is -0.469 e. The summed E-state index contributed by atoms with van der Waals surface area (Å²) in [5.74, 6) is 0.532. The minimum absolute atomic E-state index is 0.00662. The molecule has 0 bridgehead atoms. The maximum absolute atomic E-state index is 11.2. The van der Waals surface area contributed by atoms with E-state index in [4.69, 9.17) is 5.11 Å². The van der Waals surface area contributed by atoms with Crippen molar-refractivity contribution in [2.45, 2.75) is 19.8 Å². The summed E-state index contributed by atoms with van der Waals surface area (Å²) in [4.78, 5) is 11.2. The van der Waals surface area contributed by atoms with Crippen LogP contribution < -0.4 is 0 Å². The molecular weight excluding hydrogens is 156 g/mol. The first kappa shape index (κ1) is 9.52. The number of esters is 1. The Morgan fingerprint density at radius 3 is 2.67 bits per heavy atom. The lowest BCUT2D eigenvalue weighted by Gasteiger charge is -2.11. The highest BCUT2D eigenvalue weighted by Gasteiger charge is 2.36. The fourth-order valence-corrected chi connectivity index (χ4v) is 2.01. The molecule has 0 spiro atoms. The Labute approximate surface area is 72.7 Å². The molecule has 3 nitrogen and oxygen atoms in total. The maximum atomic E-state index is 11.2. The number of carbonyl (C=O) groups is 1. The summed E-state index contributed by atoms with van der Waals surface area (Å²) < 4.78 is 4.68. The summed E-state index contributed by atoms with van der Waals surface area (Å²) in [6.45, 7) is 2.23. The molecule has 1 aliphatic carbocycles. The number of rotatable bonds is 2. The number of hydrogen-bond donors (Lipinski definition) is 1. The van der Waals surface area contributed by atoms with Gasteiger partial charge in [-0.05, 0) is 24.7 Å². The van der Waals surface area contributed by atoms with Gasteiger partial charge in [0.15, 0.2) is 0 Å². The summed E-state index contributed by atoms with van der Waals surface area (Å²) in [5.41, 5.74) is 0. The van der Waals surface area contributed by atoms with Crippen LogP contribution in [-0.4, -0.2) is 24.8 Å². The lowest BCUT2D eigenvalue weighted by molar-refractivity contribution is -0.146. The van der Waals surface area contributed by atoms with Gasteiger partial charge in [0.1, 0.15) is 0 Å². The summed E-state index contributed by atoms with van der Waals surface area (Å²) in [6, 6.07) is 0. The zero-order valence-corrected chi connectivity index (χ0v) is 7.62. The van der Waals surface area contributed by atoms with Crippen LogP contribution in [0.3, 0.4) is 0 Å². The molecule has 0 aromatic rings. The third-order valence-corrected chi connectivity index (χ3v) is 2.74. The van der Waals surface area contributed by atoms with Crippen molar-refractivity contribution in [1.29, 1.82) is 0 Å². The van der Waals surface area contributed by atoms with Gasteiger partial charge in [0, 0.05) is 6.61 Å². The van der Waals surface area contributed by atoms with Crippen LogP contribution in [0.2, 0.25) is 0 Å². The smallest absolute Gasteiger partial charge is 0.308 e. The topological polar surface area (TPSA) is 46.5 Å². The van der Waals surface area contributed by atoms with E-state index in [1.807, 2.05) is 6.92 Å². The van der Waals surface area contributed by atoms with E-state index in [2.05, 4.69) is 4.74 Å². The molecule has 3 atom stereocenters. The molecule has 1 saturated carbocycles. The standard InChI is InChI=1S/C9H16O3/c1-6-3-7(5-10)4-8(6)9(11)12-2/h6-8,10H,3-5H2,1-2H3/t6-,7-,8-/m1/s1. The minimum atomic E-state index is -0.126. The molecule has 0 unspecified atom stereocenters. The number of aliphatic hydroxyl groups excluding tert-OH is 1. The summed E-state index contributed by atoms with van der Waals surface area (Å²) in [6.07, 6.45) is 1.72. The SMILES string of the molecule is COC(=O)[C@@H]1C[C@H](CO)C[C@H]1C. The van der Waals surface area contributed by atoms with E-state index in [0.717, 1.165) is 12.8 Å². The molecule has 1 aliphatic rings. The monoisotopic (exact) mass is 172 g/mol. The summed E-state index contributed by atoms with van der Waals surface area (Å²) >= 11 is 0. The molecule has 1 fully saturated rings. The highest BCUT2D eigenvalue weighted by Crippen LogP contribution is 2.36. The molecule has 3 heteroatoms. The van der Waals surface area contributed by atoms with Gasteiger partial charge in [0.25, 0.3) is 0 Å². The van der Waals surface area contributed by atoms with E-state index < -0.39 is 0 Å². The van der Waals surface area contributed by atoms with E-state index in [1.165, 1.54) is 7.11 Å². The predicted octanol–water partition coefficient (Wildman–Crippen LogP) is 0.814. The molecule has 0 saturated heterocycles. The molecule has 0 aromatic heterocycles. The van der Waals surface area contributed by atoms with E-state index in [9.17, 15) is 4.79 Å². The predicted molar refractivity (Wildman–Crippen MR) is 44.5 cm³/mol. The van der Waals surface area contributed by atoms with Crippen molar-refractivity contribution in [3.8, 4) is 0 Å². The molecule has 1 rings (SSSR count). The third kappa shape index (κ3) is 1.78. The van der Waals surface area contributed by atoms with Crippen molar-refractivity contribution in [3.63, 3.8) is 0 Å². The van der Waals surface area contributed by atoms with Gasteiger partial charge >= 0.3 is 5.97 Å². The first-order valence-corrected chi connectivity index (χ1v) is 4.37. The molecular formula is C9H16O3. The average Bonchev–Trinajstić information content (AvgIpc) is 2.45. The van der Waals surface area contributed by atoms with Crippen LogP contribution in [0, 0.1) is 17.8 Å². The summed E-state index contributed by atoms with van der Waals surface area (Å²) in [7, 11) is 1.42. The van der Waals surface area contributed by atoms with Crippen LogP contribution in [-0.2, 0) is 9.53 Å². The fraction of sp³-hybridized carbons (Fsp3) is 0.889. The quantitative estimate of drug-likeness (QED) is 0.627. The van der Waals surface area contributed by atoms with Gasteiger partial charge < -0.3 is 9.84 Å². The van der Waals surface area contributed by atoms with Gasteiger partial charge in [-0.3, -0.25) is 4.79 Å². The number of methoxy groups -OCH3 is 1. The van der Waals surface area contributed by atoms with Gasteiger partial charge in [-0.15, -0.1) is 0 Å². The number of carbonyl (C=O) groups excluding carboxylic acids is 1. The number of ether oxygens (including phenoxy) is 1. The molecule has 12 heavy (non-hydrogen) atoms. The summed E-state index contributed by atoms with van der Waals surface area (Å²) in [5, 5.41) is 8.90. The second-order valence-electron chi connectivity index (χ2n) is 3.63. The van der Waals surface area contributed by atoms with E-state index >= 15 is 0 Å². The van der Waals surface area contributed by atoms with Crippen molar-refractivity contribution in [2.75, 3.05) is 13.7 Å². The second kappa shape index (κ2) is 3.90. The first-order valence-electron chi connectivity index (χ1n) is 4.37.